The number of ether oxygens (including phenoxy) is 1. The minimum Gasteiger partial charge on any atom is -0.504 e. The van der Waals surface area contributed by atoms with Gasteiger partial charge in [0.25, 0.3) is 0 Å². The highest BCUT2D eigenvalue weighted by atomic mass is 16.5. The summed E-state index contributed by atoms with van der Waals surface area (Å²) in [6.07, 6.45) is 17.3. The predicted molar refractivity (Wildman–Crippen MR) is 63.3 cm³/mol. The summed E-state index contributed by atoms with van der Waals surface area (Å²) in [5.41, 5.74) is 0. The van der Waals surface area contributed by atoms with Crippen molar-refractivity contribution in [2.75, 3.05) is 7.11 Å². The molecule has 0 aliphatic rings. The van der Waals surface area contributed by atoms with Gasteiger partial charge in [-0.2, -0.15) is 0 Å². The number of allylic oxidation sites excluding steroid dienone is 3. The lowest BCUT2D eigenvalue weighted by Crippen LogP contribution is -1.77. The van der Waals surface area contributed by atoms with Crippen LogP contribution in [0.3, 0.4) is 0 Å². The Morgan fingerprint density at radius 2 is 1.64 bits per heavy atom. The summed E-state index contributed by atoms with van der Waals surface area (Å²) < 4.78 is 4.78. The molecule has 0 spiro atoms. The summed E-state index contributed by atoms with van der Waals surface area (Å²) in [5, 5.41) is 0. The highest BCUT2D eigenvalue weighted by Crippen LogP contribution is 2.06. The summed E-state index contributed by atoms with van der Waals surface area (Å²) in [4.78, 5) is 0. The fraction of sp³-hybridized carbons (Fsp3) is 0.692. The Labute approximate surface area is 88.9 Å². The van der Waals surface area contributed by atoms with Gasteiger partial charge in [-0.15, -0.1) is 0 Å². The lowest BCUT2D eigenvalue weighted by molar-refractivity contribution is 0.338. The second kappa shape index (κ2) is 12.3. The van der Waals surface area contributed by atoms with Gasteiger partial charge in [-0.1, -0.05) is 51.2 Å². The Morgan fingerprint density at radius 1 is 0.929 bits per heavy atom. The third kappa shape index (κ3) is 11.3. The number of hydrogen-bond acceptors (Lipinski definition) is 1. The van der Waals surface area contributed by atoms with E-state index in [9.17, 15) is 0 Å². The lowest BCUT2D eigenvalue weighted by atomic mass is 10.1. The van der Waals surface area contributed by atoms with Crippen LogP contribution in [0.25, 0.3) is 0 Å². The third-order valence-corrected chi connectivity index (χ3v) is 2.19. The largest absolute Gasteiger partial charge is 0.504 e. The van der Waals surface area contributed by atoms with Crippen LogP contribution in [0.2, 0.25) is 0 Å². The van der Waals surface area contributed by atoms with Crippen LogP contribution in [0, 0.1) is 0 Å². The molecule has 0 unspecified atom stereocenters. The van der Waals surface area contributed by atoms with Gasteiger partial charge in [0.05, 0.1) is 13.4 Å². The average Bonchev–Trinajstić information content (AvgIpc) is 2.21. The van der Waals surface area contributed by atoms with Crippen LogP contribution in [0.15, 0.2) is 24.5 Å². The molecule has 82 valence electrons. The van der Waals surface area contributed by atoms with Crippen LogP contribution < -0.4 is 0 Å². The zero-order valence-corrected chi connectivity index (χ0v) is 9.67. The Hall–Kier alpha value is -0.720. The first-order valence-electron chi connectivity index (χ1n) is 5.76. The fourth-order valence-corrected chi connectivity index (χ4v) is 1.34. The van der Waals surface area contributed by atoms with Crippen LogP contribution in [0.5, 0.6) is 0 Å². The molecule has 0 aromatic rings. The van der Waals surface area contributed by atoms with Crippen LogP contribution >= 0.6 is 0 Å². The van der Waals surface area contributed by atoms with Crippen LogP contribution in [0.4, 0.5) is 0 Å². The van der Waals surface area contributed by atoms with Crippen molar-refractivity contribution in [2.45, 2.75) is 51.9 Å². The SMILES string of the molecule is CCCCCCCCC=CC=COC. The molecule has 0 aliphatic heterocycles. The summed E-state index contributed by atoms with van der Waals surface area (Å²) in [6.45, 7) is 2.25. The van der Waals surface area contributed by atoms with Gasteiger partial charge in [0, 0.05) is 0 Å². The summed E-state index contributed by atoms with van der Waals surface area (Å²) in [7, 11) is 1.66. The van der Waals surface area contributed by atoms with Crippen molar-refractivity contribution in [3.8, 4) is 0 Å². The van der Waals surface area contributed by atoms with E-state index in [1.807, 2.05) is 6.08 Å². The normalized spacial score (nSPS) is 11.6. The number of unbranched alkanes of at least 4 members (excludes halogenated alkanes) is 6. The van der Waals surface area contributed by atoms with E-state index in [1.54, 1.807) is 13.4 Å². The first-order valence-corrected chi connectivity index (χ1v) is 5.76. The van der Waals surface area contributed by atoms with Gasteiger partial charge >= 0.3 is 0 Å². The molecule has 0 atom stereocenters. The Kier molecular flexibility index (Phi) is 11.6. The molecule has 1 nitrogen and oxygen atoms in total. The maximum absolute atomic E-state index is 4.78. The van der Waals surface area contributed by atoms with Crippen molar-refractivity contribution < 1.29 is 4.74 Å². The number of hydrogen-bond donors (Lipinski definition) is 0. The average molecular weight is 196 g/mol. The van der Waals surface area contributed by atoms with E-state index < -0.39 is 0 Å². The first kappa shape index (κ1) is 13.3. The summed E-state index contributed by atoms with van der Waals surface area (Å²) in [5.74, 6) is 0. The smallest absolute Gasteiger partial charge is 0.0824 e. The topological polar surface area (TPSA) is 9.23 Å². The molecule has 0 heterocycles. The van der Waals surface area contributed by atoms with E-state index in [-0.39, 0.29) is 0 Å². The van der Waals surface area contributed by atoms with E-state index in [0.717, 1.165) is 0 Å². The summed E-state index contributed by atoms with van der Waals surface area (Å²) >= 11 is 0. The van der Waals surface area contributed by atoms with Crippen molar-refractivity contribution in [2.24, 2.45) is 0 Å². The van der Waals surface area contributed by atoms with Crippen molar-refractivity contribution in [3.05, 3.63) is 24.5 Å². The molecular weight excluding hydrogens is 172 g/mol. The van der Waals surface area contributed by atoms with Gasteiger partial charge in [0.2, 0.25) is 0 Å². The molecule has 0 N–H and O–H groups in total. The minimum absolute atomic E-state index is 1.19. The molecule has 0 saturated heterocycles. The molecule has 0 aliphatic carbocycles. The standard InChI is InChI=1S/C13H24O/c1-3-4-5-6-7-8-9-10-11-12-13-14-2/h10-13H,3-9H2,1-2H3. The van der Waals surface area contributed by atoms with Crippen LogP contribution in [0.1, 0.15) is 51.9 Å². The predicted octanol–water partition coefficient (Wildman–Crippen LogP) is 4.45. The highest BCUT2D eigenvalue weighted by Gasteiger charge is 1.87. The molecule has 0 aromatic heterocycles. The molecule has 0 rings (SSSR count). The Morgan fingerprint density at radius 3 is 2.36 bits per heavy atom. The molecule has 0 aromatic carbocycles. The van der Waals surface area contributed by atoms with E-state index in [4.69, 9.17) is 4.74 Å². The molecule has 0 amide bonds. The maximum Gasteiger partial charge on any atom is 0.0824 e. The van der Waals surface area contributed by atoms with Crippen molar-refractivity contribution in [1.29, 1.82) is 0 Å². The van der Waals surface area contributed by atoms with E-state index in [2.05, 4.69) is 19.1 Å². The van der Waals surface area contributed by atoms with Crippen LogP contribution in [-0.2, 0) is 4.74 Å². The maximum atomic E-state index is 4.78. The van der Waals surface area contributed by atoms with E-state index >= 15 is 0 Å². The first-order chi connectivity index (χ1) is 6.91. The van der Waals surface area contributed by atoms with Gasteiger partial charge in [-0.05, 0) is 18.9 Å². The monoisotopic (exact) mass is 196 g/mol. The Bertz CT molecular complexity index is 147. The van der Waals surface area contributed by atoms with Gasteiger partial charge < -0.3 is 4.74 Å². The second-order valence-corrected chi connectivity index (χ2v) is 3.55. The quantitative estimate of drug-likeness (QED) is 0.301. The zero-order valence-electron chi connectivity index (χ0n) is 9.67. The van der Waals surface area contributed by atoms with E-state index in [0.29, 0.717) is 0 Å². The van der Waals surface area contributed by atoms with E-state index in [1.165, 1.54) is 44.9 Å². The Balaban J connectivity index is 3.05. The summed E-state index contributed by atoms with van der Waals surface area (Å²) in [6, 6.07) is 0. The molecule has 14 heavy (non-hydrogen) atoms. The minimum atomic E-state index is 1.19. The molecule has 1 heteroatoms. The molecule has 0 fully saturated rings. The van der Waals surface area contributed by atoms with Gasteiger partial charge in [-0.3, -0.25) is 0 Å². The van der Waals surface area contributed by atoms with Crippen molar-refractivity contribution in [3.63, 3.8) is 0 Å². The number of methoxy groups -OCH3 is 1. The molecular formula is C13H24O. The van der Waals surface area contributed by atoms with Gasteiger partial charge in [0.1, 0.15) is 0 Å². The molecule has 0 bridgehead atoms. The van der Waals surface area contributed by atoms with Gasteiger partial charge in [-0.25, -0.2) is 0 Å². The van der Waals surface area contributed by atoms with Crippen LogP contribution in [-0.4, -0.2) is 7.11 Å². The van der Waals surface area contributed by atoms with Crippen molar-refractivity contribution in [1.82, 2.24) is 0 Å². The molecule has 0 saturated carbocycles. The molecule has 0 radical (unpaired) electrons. The van der Waals surface area contributed by atoms with Crippen molar-refractivity contribution >= 4 is 0 Å². The third-order valence-electron chi connectivity index (χ3n) is 2.19. The second-order valence-electron chi connectivity index (χ2n) is 3.55. The van der Waals surface area contributed by atoms with Gasteiger partial charge in [0.15, 0.2) is 0 Å². The fourth-order valence-electron chi connectivity index (χ4n) is 1.34. The zero-order chi connectivity index (χ0) is 10.5. The highest BCUT2D eigenvalue weighted by molar-refractivity contribution is 4.99. The number of rotatable bonds is 9. The lowest BCUT2D eigenvalue weighted by Gasteiger charge is -1.97.